The summed E-state index contributed by atoms with van der Waals surface area (Å²) in [6.07, 6.45) is 0.154. The van der Waals surface area contributed by atoms with Crippen molar-refractivity contribution in [3.8, 4) is 0 Å². The largest absolute Gasteiger partial charge is 0.358 e. The Labute approximate surface area is 126 Å². The molecule has 1 N–H and O–H groups in total. The minimum Gasteiger partial charge on any atom is -0.358 e. The molecule has 0 unspecified atom stereocenters. The lowest BCUT2D eigenvalue weighted by molar-refractivity contribution is 0.0992. The highest BCUT2D eigenvalue weighted by atomic mass is 35.5. The van der Waals surface area contributed by atoms with Crippen LogP contribution >= 0.6 is 11.6 Å². The Bertz CT molecular complexity index is 866. The number of para-hydroxylation sites is 1. The van der Waals surface area contributed by atoms with E-state index in [0.29, 0.717) is 21.7 Å². The van der Waals surface area contributed by atoms with Crippen molar-refractivity contribution in [2.75, 3.05) is 0 Å². The summed E-state index contributed by atoms with van der Waals surface area (Å²) in [4.78, 5) is 27.4. The average molecular weight is 298 g/mol. The van der Waals surface area contributed by atoms with Crippen LogP contribution in [-0.2, 0) is 6.42 Å². The van der Waals surface area contributed by atoms with Crippen LogP contribution in [0.3, 0.4) is 0 Å². The maximum absolute atomic E-state index is 12.2. The molecule has 0 saturated carbocycles. The molecule has 0 radical (unpaired) electrons. The number of rotatable bonds is 3. The van der Waals surface area contributed by atoms with E-state index >= 15 is 0 Å². The van der Waals surface area contributed by atoms with Crippen molar-refractivity contribution in [3.05, 3.63) is 81.1 Å². The predicted octanol–water partition coefficient (Wildman–Crippen LogP) is 3.61. The molecule has 0 atom stereocenters. The zero-order chi connectivity index (χ0) is 14.8. The van der Waals surface area contributed by atoms with Crippen LogP contribution in [0.25, 0.3) is 10.9 Å². The van der Waals surface area contributed by atoms with Gasteiger partial charge in [0, 0.05) is 33.2 Å². The van der Waals surface area contributed by atoms with Gasteiger partial charge in [-0.2, -0.15) is 0 Å². The molecule has 0 saturated heterocycles. The summed E-state index contributed by atoms with van der Waals surface area (Å²) in [6, 6.07) is 15.5. The first-order valence-electron chi connectivity index (χ1n) is 6.53. The summed E-state index contributed by atoms with van der Waals surface area (Å²) in [7, 11) is 0. The first-order valence-corrected chi connectivity index (χ1v) is 6.91. The maximum Gasteiger partial charge on any atom is 0.189 e. The molecule has 0 aliphatic carbocycles. The number of nitrogens with one attached hydrogen (secondary N) is 1. The molecule has 3 nitrogen and oxygen atoms in total. The van der Waals surface area contributed by atoms with Gasteiger partial charge < -0.3 is 4.98 Å². The Morgan fingerprint density at radius 2 is 1.76 bits per heavy atom. The number of Topliss-reactive ketones (excluding diaryl/α,β-unsaturated/α-hetero) is 1. The fraction of sp³-hybridized carbons (Fsp3) is 0.0588. The van der Waals surface area contributed by atoms with E-state index in [4.69, 9.17) is 11.6 Å². The molecule has 21 heavy (non-hydrogen) atoms. The van der Waals surface area contributed by atoms with E-state index < -0.39 is 0 Å². The first kappa shape index (κ1) is 13.6. The third-order valence-corrected chi connectivity index (χ3v) is 3.56. The molecule has 2 aromatic carbocycles. The number of hydrogen-bond donors (Lipinski definition) is 1. The van der Waals surface area contributed by atoms with Gasteiger partial charge in [-0.1, -0.05) is 23.7 Å². The second-order valence-corrected chi connectivity index (χ2v) is 5.25. The topological polar surface area (TPSA) is 49.9 Å². The highest BCUT2D eigenvalue weighted by molar-refractivity contribution is 6.30. The summed E-state index contributed by atoms with van der Waals surface area (Å²) in [5.74, 6) is -0.0578. The third-order valence-electron chi connectivity index (χ3n) is 3.31. The standard InChI is InChI=1S/C17H12ClNO2/c18-12-7-5-11(6-8-12)16(20)9-13-10-17(21)14-3-1-2-4-15(14)19-13/h1-8,10H,9H2,(H,19,21). The Morgan fingerprint density at radius 1 is 1.05 bits per heavy atom. The molecule has 0 amide bonds. The van der Waals surface area contributed by atoms with E-state index in [1.807, 2.05) is 18.2 Å². The molecule has 0 spiro atoms. The van der Waals surface area contributed by atoms with E-state index in [-0.39, 0.29) is 17.6 Å². The maximum atomic E-state index is 12.2. The van der Waals surface area contributed by atoms with Gasteiger partial charge in [0.2, 0.25) is 0 Å². The number of benzene rings is 2. The zero-order valence-corrected chi connectivity index (χ0v) is 11.9. The number of carbonyl (C=O) groups is 1. The smallest absolute Gasteiger partial charge is 0.189 e. The Hall–Kier alpha value is -2.39. The average Bonchev–Trinajstić information content (AvgIpc) is 2.48. The normalized spacial score (nSPS) is 10.7. The summed E-state index contributed by atoms with van der Waals surface area (Å²) < 4.78 is 0. The second kappa shape index (κ2) is 5.54. The van der Waals surface area contributed by atoms with Crippen molar-refractivity contribution in [2.45, 2.75) is 6.42 Å². The van der Waals surface area contributed by atoms with Gasteiger partial charge in [0.15, 0.2) is 11.2 Å². The number of aromatic nitrogens is 1. The summed E-state index contributed by atoms with van der Waals surface area (Å²) >= 11 is 5.80. The lowest BCUT2D eigenvalue weighted by Gasteiger charge is -2.04. The first-order chi connectivity index (χ1) is 10.1. The van der Waals surface area contributed by atoms with Gasteiger partial charge in [-0.25, -0.2) is 0 Å². The molecule has 1 heterocycles. The number of aromatic amines is 1. The van der Waals surface area contributed by atoms with Crippen molar-refractivity contribution in [1.29, 1.82) is 0 Å². The lowest BCUT2D eigenvalue weighted by atomic mass is 10.1. The molecule has 0 fully saturated rings. The Morgan fingerprint density at radius 3 is 2.52 bits per heavy atom. The van der Waals surface area contributed by atoms with Crippen LogP contribution in [0.5, 0.6) is 0 Å². The van der Waals surface area contributed by atoms with Crippen molar-refractivity contribution in [1.82, 2.24) is 4.98 Å². The van der Waals surface area contributed by atoms with Crippen LogP contribution < -0.4 is 5.43 Å². The van der Waals surface area contributed by atoms with Crippen LogP contribution in [0.1, 0.15) is 16.1 Å². The number of halogens is 1. The van der Waals surface area contributed by atoms with Gasteiger partial charge in [-0.05, 0) is 36.4 Å². The van der Waals surface area contributed by atoms with Gasteiger partial charge in [-0.15, -0.1) is 0 Å². The Balaban J connectivity index is 1.93. The molecule has 0 bridgehead atoms. The number of fused-ring (bicyclic) bond motifs is 1. The second-order valence-electron chi connectivity index (χ2n) is 4.81. The van der Waals surface area contributed by atoms with Crippen molar-refractivity contribution < 1.29 is 4.79 Å². The number of pyridine rings is 1. The summed E-state index contributed by atoms with van der Waals surface area (Å²) in [6.45, 7) is 0. The predicted molar refractivity (Wildman–Crippen MR) is 84.1 cm³/mol. The van der Waals surface area contributed by atoms with Crippen LogP contribution in [0.4, 0.5) is 0 Å². The van der Waals surface area contributed by atoms with Crippen LogP contribution in [0, 0.1) is 0 Å². The van der Waals surface area contributed by atoms with Crippen LogP contribution in [0.2, 0.25) is 5.02 Å². The minimum absolute atomic E-state index is 0.0578. The van der Waals surface area contributed by atoms with E-state index in [0.717, 1.165) is 5.52 Å². The highest BCUT2D eigenvalue weighted by Gasteiger charge is 2.09. The summed E-state index contributed by atoms with van der Waals surface area (Å²) in [5.41, 5.74) is 1.85. The quantitative estimate of drug-likeness (QED) is 0.751. The van der Waals surface area contributed by atoms with Gasteiger partial charge in [-0.3, -0.25) is 9.59 Å². The molecule has 4 heteroatoms. The van der Waals surface area contributed by atoms with Crippen LogP contribution in [0.15, 0.2) is 59.4 Å². The molecule has 3 rings (SSSR count). The number of carbonyl (C=O) groups excluding carboxylic acids is 1. The molecule has 1 aromatic heterocycles. The van der Waals surface area contributed by atoms with Gasteiger partial charge in [0.25, 0.3) is 0 Å². The highest BCUT2D eigenvalue weighted by Crippen LogP contribution is 2.13. The van der Waals surface area contributed by atoms with Crippen molar-refractivity contribution >= 4 is 28.3 Å². The number of ketones is 1. The molecule has 0 aliphatic rings. The van der Waals surface area contributed by atoms with E-state index in [1.54, 1.807) is 30.3 Å². The van der Waals surface area contributed by atoms with E-state index in [1.165, 1.54) is 6.07 Å². The van der Waals surface area contributed by atoms with Gasteiger partial charge in [0.1, 0.15) is 0 Å². The van der Waals surface area contributed by atoms with Crippen LogP contribution in [-0.4, -0.2) is 10.8 Å². The fourth-order valence-electron chi connectivity index (χ4n) is 2.26. The zero-order valence-electron chi connectivity index (χ0n) is 11.1. The third kappa shape index (κ3) is 2.88. The number of H-pyrrole nitrogens is 1. The molecule has 3 aromatic rings. The van der Waals surface area contributed by atoms with Crippen molar-refractivity contribution in [3.63, 3.8) is 0 Å². The number of hydrogen-bond acceptors (Lipinski definition) is 2. The van der Waals surface area contributed by atoms with E-state index in [2.05, 4.69) is 4.98 Å². The van der Waals surface area contributed by atoms with E-state index in [9.17, 15) is 9.59 Å². The molecular weight excluding hydrogens is 286 g/mol. The van der Waals surface area contributed by atoms with Gasteiger partial charge >= 0.3 is 0 Å². The molecule has 0 aliphatic heterocycles. The SMILES string of the molecule is O=C(Cc1cc(=O)c2ccccc2[nH]1)c1ccc(Cl)cc1. The molecule has 104 valence electrons. The molecular formula is C17H12ClNO2. The van der Waals surface area contributed by atoms with Crippen molar-refractivity contribution in [2.24, 2.45) is 0 Å². The Kier molecular flexibility index (Phi) is 3.59. The fourth-order valence-corrected chi connectivity index (χ4v) is 2.38. The minimum atomic E-state index is -0.0803. The summed E-state index contributed by atoms with van der Waals surface area (Å²) in [5, 5.41) is 1.21. The monoisotopic (exact) mass is 297 g/mol. The van der Waals surface area contributed by atoms with Gasteiger partial charge in [0.05, 0.1) is 6.42 Å². The lowest BCUT2D eigenvalue weighted by Crippen LogP contribution is -2.10.